The number of aromatic nitrogens is 3. The zero-order valence-electron chi connectivity index (χ0n) is 12.0. The van der Waals surface area contributed by atoms with Gasteiger partial charge in [-0.2, -0.15) is 5.10 Å². The molecule has 6 heteroatoms. The standard InChI is InChI=1S/C16H15ClN4O/c1-22-13-7-5-10(6-8-13)14(18)16-19-15(20-21-16)11-3-2-4-12(17)9-11/h2-9,14H,18H2,1H3,(H,19,20,21)/t14-/m1/s1. The van der Waals surface area contributed by atoms with Crippen LogP contribution in [0.1, 0.15) is 17.4 Å². The van der Waals surface area contributed by atoms with Gasteiger partial charge in [-0.3, -0.25) is 5.10 Å². The van der Waals surface area contributed by atoms with E-state index >= 15 is 0 Å². The number of halogens is 1. The van der Waals surface area contributed by atoms with E-state index in [1.807, 2.05) is 48.5 Å². The lowest BCUT2D eigenvalue weighted by Crippen LogP contribution is -2.13. The lowest BCUT2D eigenvalue weighted by molar-refractivity contribution is 0.414. The maximum absolute atomic E-state index is 6.23. The predicted octanol–water partition coefficient (Wildman–Crippen LogP) is 3.18. The van der Waals surface area contributed by atoms with Crippen molar-refractivity contribution in [2.75, 3.05) is 7.11 Å². The molecule has 0 aliphatic heterocycles. The molecule has 112 valence electrons. The molecule has 3 aromatic rings. The number of benzene rings is 2. The van der Waals surface area contributed by atoms with Crippen LogP contribution in [0.25, 0.3) is 11.4 Å². The van der Waals surface area contributed by atoms with Gasteiger partial charge in [0, 0.05) is 10.6 Å². The maximum Gasteiger partial charge on any atom is 0.181 e. The van der Waals surface area contributed by atoms with E-state index in [-0.39, 0.29) is 6.04 Å². The highest BCUT2D eigenvalue weighted by atomic mass is 35.5. The molecule has 0 aliphatic carbocycles. The van der Waals surface area contributed by atoms with Gasteiger partial charge in [-0.1, -0.05) is 35.9 Å². The summed E-state index contributed by atoms with van der Waals surface area (Å²) < 4.78 is 5.14. The predicted molar refractivity (Wildman–Crippen MR) is 85.9 cm³/mol. The summed E-state index contributed by atoms with van der Waals surface area (Å²) in [4.78, 5) is 4.46. The number of methoxy groups -OCH3 is 1. The first kappa shape index (κ1) is 14.6. The molecule has 0 bridgehead atoms. The maximum atomic E-state index is 6.23. The van der Waals surface area contributed by atoms with Crippen LogP contribution < -0.4 is 10.5 Å². The van der Waals surface area contributed by atoms with Crippen LogP contribution >= 0.6 is 11.6 Å². The van der Waals surface area contributed by atoms with Crippen molar-refractivity contribution in [1.29, 1.82) is 0 Å². The average molecular weight is 315 g/mol. The zero-order valence-corrected chi connectivity index (χ0v) is 12.7. The van der Waals surface area contributed by atoms with Crippen LogP contribution in [-0.4, -0.2) is 22.3 Å². The van der Waals surface area contributed by atoms with Crippen LogP contribution in [0.4, 0.5) is 0 Å². The van der Waals surface area contributed by atoms with Crippen LogP contribution in [-0.2, 0) is 0 Å². The summed E-state index contributed by atoms with van der Waals surface area (Å²) in [5.74, 6) is 1.95. The SMILES string of the molecule is COc1ccc([C@@H](N)c2nc(-c3cccc(Cl)c3)n[nH]2)cc1. The van der Waals surface area contributed by atoms with Crippen molar-refractivity contribution in [2.45, 2.75) is 6.04 Å². The Kier molecular flexibility index (Phi) is 4.09. The molecular weight excluding hydrogens is 300 g/mol. The number of hydrogen-bond acceptors (Lipinski definition) is 4. The summed E-state index contributed by atoms with van der Waals surface area (Å²) in [6, 6.07) is 14.5. The molecule has 0 aliphatic rings. The van der Waals surface area contributed by atoms with Gasteiger partial charge in [-0.05, 0) is 29.8 Å². The van der Waals surface area contributed by atoms with Gasteiger partial charge >= 0.3 is 0 Å². The molecule has 1 atom stereocenters. The minimum absolute atomic E-state index is 0.383. The third-order valence-electron chi connectivity index (χ3n) is 3.36. The second-order valence-electron chi connectivity index (χ2n) is 4.81. The van der Waals surface area contributed by atoms with Crippen LogP contribution in [0.3, 0.4) is 0 Å². The van der Waals surface area contributed by atoms with Gasteiger partial charge in [-0.15, -0.1) is 0 Å². The minimum atomic E-state index is -0.383. The number of ether oxygens (including phenoxy) is 1. The first-order valence-corrected chi connectivity index (χ1v) is 7.13. The normalized spacial score (nSPS) is 12.1. The van der Waals surface area contributed by atoms with Crippen LogP contribution in [0.15, 0.2) is 48.5 Å². The highest BCUT2D eigenvalue weighted by Gasteiger charge is 2.15. The second kappa shape index (κ2) is 6.17. The molecule has 3 N–H and O–H groups in total. The lowest BCUT2D eigenvalue weighted by atomic mass is 10.1. The Morgan fingerprint density at radius 2 is 1.95 bits per heavy atom. The molecule has 0 amide bonds. The van der Waals surface area contributed by atoms with Gasteiger partial charge in [-0.25, -0.2) is 4.98 Å². The van der Waals surface area contributed by atoms with E-state index in [1.54, 1.807) is 7.11 Å². The van der Waals surface area contributed by atoms with E-state index in [0.717, 1.165) is 16.9 Å². The van der Waals surface area contributed by atoms with E-state index in [0.29, 0.717) is 16.7 Å². The third-order valence-corrected chi connectivity index (χ3v) is 3.59. The number of nitrogens with two attached hydrogens (primary N) is 1. The van der Waals surface area contributed by atoms with Gasteiger partial charge in [0.15, 0.2) is 5.82 Å². The minimum Gasteiger partial charge on any atom is -0.497 e. The highest BCUT2D eigenvalue weighted by Crippen LogP contribution is 2.23. The van der Waals surface area contributed by atoms with E-state index in [4.69, 9.17) is 22.1 Å². The van der Waals surface area contributed by atoms with Crippen molar-refractivity contribution in [3.63, 3.8) is 0 Å². The molecule has 0 fully saturated rings. The molecule has 22 heavy (non-hydrogen) atoms. The van der Waals surface area contributed by atoms with Crippen molar-refractivity contribution in [2.24, 2.45) is 5.73 Å². The fourth-order valence-electron chi connectivity index (χ4n) is 2.14. The summed E-state index contributed by atoms with van der Waals surface area (Å²) in [6.07, 6.45) is 0. The number of aromatic amines is 1. The third kappa shape index (κ3) is 2.95. The van der Waals surface area contributed by atoms with E-state index < -0.39 is 0 Å². The van der Waals surface area contributed by atoms with E-state index in [2.05, 4.69) is 15.2 Å². The fraction of sp³-hybridized carbons (Fsp3) is 0.125. The summed E-state index contributed by atoms with van der Waals surface area (Å²) in [7, 11) is 1.63. The molecule has 0 saturated carbocycles. The summed E-state index contributed by atoms with van der Waals surface area (Å²) in [6.45, 7) is 0. The number of H-pyrrole nitrogens is 1. The molecule has 1 aromatic heterocycles. The first-order chi connectivity index (χ1) is 10.7. The molecule has 5 nitrogen and oxygen atoms in total. The van der Waals surface area contributed by atoms with Crippen molar-refractivity contribution < 1.29 is 4.74 Å². The van der Waals surface area contributed by atoms with Crippen molar-refractivity contribution >= 4 is 11.6 Å². The quantitative estimate of drug-likeness (QED) is 0.775. The van der Waals surface area contributed by atoms with Gasteiger partial charge in [0.2, 0.25) is 0 Å². The highest BCUT2D eigenvalue weighted by molar-refractivity contribution is 6.30. The number of hydrogen-bond donors (Lipinski definition) is 2. The first-order valence-electron chi connectivity index (χ1n) is 6.75. The monoisotopic (exact) mass is 314 g/mol. The fourth-order valence-corrected chi connectivity index (χ4v) is 2.33. The van der Waals surface area contributed by atoms with Crippen LogP contribution in [0, 0.1) is 0 Å². The molecular formula is C16H15ClN4O. The smallest absolute Gasteiger partial charge is 0.181 e. The van der Waals surface area contributed by atoms with Gasteiger partial charge in [0.1, 0.15) is 11.6 Å². The van der Waals surface area contributed by atoms with Crippen molar-refractivity contribution in [3.05, 3.63) is 64.9 Å². The largest absolute Gasteiger partial charge is 0.497 e. The van der Waals surface area contributed by atoms with Crippen LogP contribution in [0.2, 0.25) is 5.02 Å². The van der Waals surface area contributed by atoms with Gasteiger partial charge in [0.25, 0.3) is 0 Å². The number of nitrogens with zero attached hydrogens (tertiary/aromatic N) is 2. The van der Waals surface area contributed by atoms with E-state index in [1.165, 1.54) is 0 Å². The summed E-state index contributed by atoms with van der Waals surface area (Å²) in [5, 5.41) is 7.74. The summed E-state index contributed by atoms with van der Waals surface area (Å²) >= 11 is 5.99. The second-order valence-corrected chi connectivity index (χ2v) is 5.24. The van der Waals surface area contributed by atoms with Gasteiger partial charge < -0.3 is 10.5 Å². The Morgan fingerprint density at radius 1 is 1.18 bits per heavy atom. The van der Waals surface area contributed by atoms with Crippen molar-refractivity contribution in [3.8, 4) is 17.1 Å². The Bertz CT molecular complexity index is 770. The Balaban J connectivity index is 1.86. The zero-order chi connectivity index (χ0) is 15.5. The molecule has 0 radical (unpaired) electrons. The Labute approximate surface area is 133 Å². The molecule has 0 saturated heterocycles. The summed E-state index contributed by atoms with van der Waals surface area (Å²) in [5.41, 5.74) is 8.00. The lowest BCUT2D eigenvalue weighted by Gasteiger charge is -2.09. The molecule has 2 aromatic carbocycles. The molecule has 0 unspecified atom stereocenters. The Morgan fingerprint density at radius 3 is 2.64 bits per heavy atom. The van der Waals surface area contributed by atoms with Crippen molar-refractivity contribution in [1.82, 2.24) is 15.2 Å². The average Bonchev–Trinajstić information content (AvgIpc) is 3.04. The molecule has 0 spiro atoms. The number of nitrogens with one attached hydrogen (secondary N) is 1. The van der Waals surface area contributed by atoms with E-state index in [9.17, 15) is 0 Å². The number of rotatable bonds is 4. The topological polar surface area (TPSA) is 76.8 Å². The molecule has 3 rings (SSSR count). The van der Waals surface area contributed by atoms with Gasteiger partial charge in [0.05, 0.1) is 13.2 Å². The molecule has 1 heterocycles. The Hall–Kier alpha value is -2.37. The van der Waals surface area contributed by atoms with Crippen LogP contribution in [0.5, 0.6) is 5.75 Å².